The number of aromatic nitrogens is 6. The highest BCUT2D eigenvalue weighted by Gasteiger charge is 2.27. The van der Waals surface area contributed by atoms with E-state index < -0.39 is 38.9 Å². The lowest BCUT2D eigenvalue weighted by atomic mass is 10.4. The molecule has 16 heteroatoms. The van der Waals surface area contributed by atoms with Crippen molar-refractivity contribution in [3.63, 3.8) is 0 Å². The summed E-state index contributed by atoms with van der Waals surface area (Å²) in [6.45, 7) is -0.446. The number of imidazole rings is 2. The first-order valence-electron chi connectivity index (χ1n) is 9.37. The van der Waals surface area contributed by atoms with Gasteiger partial charge in [0, 0.05) is 19.5 Å². The number of methoxy groups -OCH3 is 1. The van der Waals surface area contributed by atoms with E-state index in [1.54, 1.807) is 0 Å². The van der Waals surface area contributed by atoms with Crippen LogP contribution in [0.2, 0.25) is 0 Å². The predicted molar refractivity (Wildman–Crippen MR) is 110 cm³/mol. The van der Waals surface area contributed by atoms with Crippen LogP contribution in [0.25, 0.3) is 11.2 Å². The zero-order valence-corrected chi connectivity index (χ0v) is 18.0. The fraction of sp³-hybridized carbons (Fsp3) is 0.500. The predicted octanol–water partition coefficient (Wildman–Crippen LogP) is -0.897. The summed E-state index contributed by atoms with van der Waals surface area (Å²) >= 11 is 0. The molecule has 0 aliphatic heterocycles. The first kappa shape index (κ1) is 24.0. The van der Waals surface area contributed by atoms with E-state index in [0.29, 0.717) is 6.61 Å². The van der Waals surface area contributed by atoms with E-state index in [4.69, 9.17) is 24.5 Å². The van der Waals surface area contributed by atoms with Crippen LogP contribution in [0.4, 0.5) is 5.95 Å². The molecule has 0 bridgehead atoms. The van der Waals surface area contributed by atoms with Gasteiger partial charge < -0.3 is 29.9 Å². The number of nitrogens with one attached hydrogen (secondary N) is 1. The van der Waals surface area contributed by atoms with E-state index in [-0.39, 0.29) is 30.3 Å². The maximum atomic E-state index is 12.3. The van der Waals surface area contributed by atoms with Crippen molar-refractivity contribution in [2.24, 2.45) is 0 Å². The van der Waals surface area contributed by atoms with Crippen molar-refractivity contribution in [2.75, 3.05) is 45.9 Å². The molecule has 0 saturated heterocycles. The SMILES string of the molecule is COCCOC[C@@H](O[C@@H](CO)COP(=O)(O)n1ccnc1)n1cnc2c(=O)[nH]c(N)nc21. The molecular formula is C16H24N7O8P. The van der Waals surface area contributed by atoms with E-state index in [1.165, 1.54) is 30.4 Å². The average Bonchev–Trinajstić information content (AvgIpc) is 3.43. The second-order valence-electron chi connectivity index (χ2n) is 6.47. The molecule has 176 valence electrons. The molecule has 0 aliphatic rings. The molecule has 0 radical (unpaired) electrons. The molecule has 0 amide bonds. The van der Waals surface area contributed by atoms with Gasteiger partial charge in [-0.25, -0.2) is 18.9 Å². The zero-order valence-electron chi connectivity index (χ0n) is 17.1. The van der Waals surface area contributed by atoms with Gasteiger partial charge in [-0.3, -0.25) is 18.9 Å². The Morgan fingerprint density at radius 1 is 1.31 bits per heavy atom. The molecule has 0 aromatic carbocycles. The van der Waals surface area contributed by atoms with Crippen LogP contribution < -0.4 is 11.3 Å². The topological polar surface area (TPSA) is 202 Å². The fourth-order valence-electron chi connectivity index (χ4n) is 2.67. The van der Waals surface area contributed by atoms with Crippen LogP contribution in [0.15, 0.2) is 29.8 Å². The molecule has 15 nitrogen and oxygen atoms in total. The zero-order chi connectivity index (χ0) is 23.1. The standard InChI is InChI=1S/C16H24N7O8P/c1-28-4-5-29-8-12(23-10-19-13-14(23)20-16(17)21-15(13)25)31-11(6-24)7-30-32(26,27)22-3-2-18-9-22/h2-3,9-12,24H,4-8H2,1H3,(H,26,27)(H3,17,20,21,25)/t11-,12+/m0/s1. The number of nitrogen functional groups attached to an aromatic ring is 1. The Morgan fingerprint density at radius 2 is 2.12 bits per heavy atom. The summed E-state index contributed by atoms with van der Waals surface area (Å²) in [7, 11) is -2.71. The first-order chi connectivity index (χ1) is 15.4. The van der Waals surface area contributed by atoms with Gasteiger partial charge in [0.05, 0.1) is 39.4 Å². The highest BCUT2D eigenvalue weighted by molar-refractivity contribution is 7.51. The Kier molecular flexibility index (Phi) is 8.09. The summed E-state index contributed by atoms with van der Waals surface area (Å²) < 4.78 is 36.1. The van der Waals surface area contributed by atoms with E-state index in [9.17, 15) is 19.4 Å². The van der Waals surface area contributed by atoms with Gasteiger partial charge >= 0.3 is 7.75 Å². The summed E-state index contributed by atoms with van der Waals surface area (Å²) in [5.41, 5.74) is 5.27. The molecule has 0 saturated carbocycles. The lowest BCUT2D eigenvalue weighted by Crippen LogP contribution is -2.31. The normalized spacial score (nSPS) is 15.6. The number of anilines is 1. The lowest BCUT2D eigenvalue weighted by Gasteiger charge is -2.25. The Morgan fingerprint density at radius 3 is 2.81 bits per heavy atom. The lowest BCUT2D eigenvalue weighted by molar-refractivity contribution is -0.121. The number of rotatable bonds is 13. The number of aliphatic hydroxyl groups is 1. The summed E-state index contributed by atoms with van der Waals surface area (Å²) in [5.74, 6) is -0.119. The van der Waals surface area contributed by atoms with Crippen LogP contribution in [0, 0.1) is 0 Å². The molecular weight excluding hydrogens is 449 g/mol. The second kappa shape index (κ2) is 10.8. The van der Waals surface area contributed by atoms with Gasteiger partial charge in [0.1, 0.15) is 12.4 Å². The van der Waals surface area contributed by atoms with Gasteiger partial charge in [0.2, 0.25) is 5.95 Å². The van der Waals surface area contributed by atoms with Crippen LogP contribution in [-0.2, 0) is 23.3 Å². The number of hydrogen-bond donors (Lipinski definition) is 4. The number of nitrogens with zero attached hydrogens (tertiary/aromatic N) is 5. The number of aliphatic hydroxyl groups excluding tert-OH is 1. The van der Waals surface area contributed by atoms with Crippen molar-refractivity contribution in [1.29, 1.82) is 0 Å². The summed E-state index contributed by atoms with van der Waals surface area (Å²) in [5, 5.41) is 9.74. The highest BCUT2D eigenvalue weighted by atomic mass is 31.2. The van der Waals surface area contributed by atoms with E-state index in [0.717, 1.165) is 10.7 Å². The van der Waals surface area contributed by atoms with Crippen molar-refractivity contribution in [2.45, 2.75) is 12.3 Å². The molecule has 3 aromatic rings. The second-order valence-corrected chi connectivity index (χ2v) is 8.17. The van der Waals surface area contributed by atoms with Crippen molar-refractivity contribution < 1.29 is 33.3 Å². The number of hydrogen-bond acceptors (Lipinski definition) is 11. The number of H-pyrrole nitrogens is 1. The van der Waals surface area contributed by atoms with Crippen LogP contribution in [0.3, 0.4) is 0 Å². The molecule has 0 fully saturated rings. The van der Waals surface area contributed by atoms with Crippen molar-refractivity contribution in [1.82, 2.24) is 28.8 Å². The Hall–Kier alpha value is -2.65. The number of nitrogens with two attached hydrogens (primary N) is 1. The van der Waals surface area contributed by atoms with Crippen LogP contribution in [-0.4, -0.2) is 85.1 Å². The number of ether oxygens (including phenoxy) is 3. The Balaban J connectivity index is 1.79. The first-order valence-corrected chi connectivity index (χ1v) is 10.9. The largest absolute Gasteiger partial charge is 0.437 e. The van der Waals surface area contributed by atoms with Gasteiger partial charge in [-0.15, -0.1) is 0 Å². The third-order valence-electron chi connectivity index (χ3n) is 4.22. The van der Waals surface area contributed by atoms with E-state index in [1.807, 2.05) is 0 Å². The summed E-state index contributed by atoms with van der Waals surface area (Å²) in [4.78, 5) is 36.3. The smallest absolute Gasteiger partial charge is 0.394 e. The molecule has 1 unspecified atom stereocenters. The number of aromatic amines is 1. The van der Waals surface area contributed by atoms with E-state index >= 15 is 0 Å². The molecule has 0 spiro atoms. The molecule has 3 heterocycles. The van der Waals surface area contributed by atoms with Crippen LogP contribution in [0.5, 0.6) is 0 Å². The van der Waals surface area contributed by atoms with Gasteiger partial charge in [0.15, 0.2) is 17.4 Å². The van der Waals surface area contributed by atoms with Gasteiger partial charge in [0.25, 0.3) is 5.56 Å². The minimum absolute atomic E-state index is 0.0291. The van der Waals surface area contributed by atoms with Gasteiger partial charge in [-0.05, 0) is 0 Å². The van der Waals surface area contributed by atoms with Gasteiger partial charge in [-0.2, -0.15) is 4.98 Å². The molecule has 0 aliphatic carbocycles. The molecule has 3 aromatic heterocycles. The molecule has 32 heavy (non-hydrogen) atoms. The monoisotopic (exact) mass is 473 g/mol. The highest BCUT2D eigenvalue weighted by Crippen LogP contribution is 2.43. The third-order valence-corrected chi connectivity index (χ3v) is 5.52. The van der Waals surface area contributed by atoms with Gasteiger partial charge in [-0.1, -0.05) is 0 Å². The van der Waals surface area contributed by atoms with Crippen LogP contribution >= 0.6 is 7.75 Å². The van der Waals surface area contributed by atoms with Crippen LogP contribution in [0.1, 0.15) is 6.23 Å². The molecule has 3 atom stereocenters. The van der Waals surface area contributed by atoms with Crippen molar-refractivity contribution >= 4 is 24.9 Å². The van der Waals surface area contributed by atoms with Crippen molar-refractivity contribution in [3.05, 3.63) is 35.4 Å². The third kappa shape index (κ3) is 5.77. The fourth-order valence-corrected chi connectivity index (χ4v) is 3.58. The minimum atomic E-state index is -4.23. The van der Waals surface area contributed by atoms with Crippen molar-refractivity contribution in [3.8, 4) is 0 Å². The summed E-state index contributed by atoms with van der Waals surface area (Å²) in [6.07, 6.45) is 3.07. The summed E-state index contributed by atoms with van der Waals surface area (Å²) in [6, 6.07) is 0. The molecule has 3 rings (SSSR count). The maximum Gasteiger partial charge on any atom is 0.437 e. The number of fused-ring (bicyclic) bond motifs is 1. The molecule has 5 N–H and O–H groups in total. The maximum absolute atomic E-state index is 12.3. The minimum Gasteiger partial charge on any atom is -0.394 e. The Labute approximate surface area is 181 Å². The average molecular weight is 473 g/mol. The Bertz CT molecular complexity index is 1100. The quantitative estimate of drug-likeness (QED) is 0.176. The van der Waals surface area contributed by atoms with E-state index in [2.05, 4.69) is 19.9 Å².